The van der Waals surface area contributed by atoms with Crippen molar-refractivity contribution in [1.29, 1.82) is 5.26 Å². The van der Waals surface area contributed by atoms with Gasteiger partial charge in [0.2, 0.25) is 0 Å². The minimum atomic E-state index is -0.344. The summed E-state index contributed by atoms with van der Waals surface area (Å²) in [4.78, 5) is 4.43. The summed E-state index contributed by atoms with van der Waals surface area (Å²) >= 11 is 6.42. The van der Waals surface area contributed by atoms with E-state index in [0.29, 0.717) is 40.6 Å². The Morgan fingerprint density at radius 2 is 1.94 bits per heavy atom. The first-order chi connectivity index (χ1) is 16.0. The van der Waals surface area contributed by atoms with Crippen LogP contribution in [0.1, 0.15) is 38.5 Å². The van der Waals surface area contributed by atoms with E-state index in [0.717, 1.165) is 57.4 Å². The van der Waals surface area contributed by atoms with Crippen molar-refractivity contribution in [3.8, 4) is 17.2 Å². The van der Waals surface area contributed by atoms with Gasteiger partial charge in [0.25, 0.3) is 0 Å². The Morgan fingerprint density at radius 3 is 2.64 bits per heavy atom. The van der Waals surface area contributed by atoms with Crippen LogP contribution in [-0.4, -0.2) is 43.9 Å². The predicted octanol–water partition coefficient (Wildman–Crippen LogP) is 5.22. The van der Waals surface area contributed by atoms with Gasteiger partial charge in [-0.25, -0.2) is 9.37 Å². The summed E-state index contributed by atoms with van der Waals surface area (Å²) in [5, 5.41) is 20.0. The molecular formula is C25H31ClFN5O. The van der Waals surface area contributed by atoms with Crippen LogP contribution in [0.5, 0.6) is 0 Å². The highest BCUT2D eigenvalue weighted by atomic mass is 35.5. The van der Waals surface area contributed by atoms with Crippen LogP contribution in [0.3, 0.4) is 0 Å². The zero-order valence-electron chi connectivity index (χ0n) is 19.0. The zero-order valence-corrected chi connectivity index (χ0v) is 19.7. The normalized spacial score (nSPS) is 21.3. The van der Waals surface area contributed by atoms with Crippen LogP contribution in [0.15, 0.2) is 30.5 Å². The number of aromatic nitrogens is 1. The van der Waals surface area contributed by atoms with Crippen LogP contribution >= 0.6 is 11.6 Å². The molecule has 0 saturated heterocycles. The topological polar surface area (TPSA) is 82.0 Å². The fourth-order valence-corrected chi connectivity index (χ4v) is 4.54. The summed E-state index contributed by atoms with van der Waals surface area (Å²) in [6, 6.07) is 9.92. The van der Waals surface area contributed by atoms with Gasteiger partial charge in [-0.1, -0.05) is 11.6 Å². The van der Waals surface area contributed by atoms with Crippen molar-refractivity contribution in [3.63, 3.8) is 0 Å². The summed E-state index contributed by atoms with van der Waals surface area (Å²) in [6.45, 7) is 2.16. The summed E-state index contributed by atoms with van der Waals surface area (Å²) in [5.41, 5.74) is 1.52. The maximum Gasteiger partial charge on any atom is 0.131 e. The number of hydrogen-bond donors (Lipinski definition) is 3. The van der Waals surface area contributed by atoms with Gasteiger partial charge in [-0.2, -0.15) is 5.26 Å². The predicted molar refractivity (Wildman–Crippen MR) is 130 cm³/mol. The smallest absolute Gasteiger partial charge is 0.131 e. The van der Waals surface area contributed by atoms with Gasteiger partial charge in [0.1, 0.15) is 11.6 Å². The number of nitriles is 1. The Kier molecular flexibility index (Phi) is 7.69. The number of methoxy groups -OCH3 is 1. The van der Waals surface area contributed by atoms with Crippen molar-refractivity contribution in [2.45, 2.75) is 50.6 Å². The quantitative estimate of drug-likeness (QED) is 0.412. The Balaban J connectivity index is 1.41. The van der Waals surface area contributed by atoms with Crippen molar-refractivity contribution in [1.82, 2.24) is 10.3 Å². The third kappa shape index (κ3) is 6.14. The lowest BCUT2D eigenvalue weighted by Gasteiger charge is -2.30. The lowest BCUT2D eigenvalue weighted by molar-refractivity contribution is 0.191. The first-order valence-corrected chi connectivity index (χ1v) is 12.0. The van der Waals surface area contributed by atoms with Crippen molar-refractivity contribution < 1.29 is 9.13 Å². The molecule has 2 fully saturated rings. The first-order valence-electron chi connectivity index (χ1n) is 11.6. The van der Waals surface area contributed by atoms with Gasteiger partial charge in [-0.3, -0.25) is 0 Å². The molecule has 2 aromatic rings. The van der Waals surface area contributed by atoms with E-state index in [1.807, 2.05) is 6.07 Å². The molecule has 0 radical (unpaired) electrons. The van der Waals surface area contributed by atoms with Gasteiger partial charge in [0.15, 0.2) is 0 Å². The Bertz CT molecular complexity index is 999. The second kappa shape index (κ2) is 10.7. The molecule has 6 nitrogen and oxygen atoms in total. The average molecular weight is 472 g/mol. The SMILES string of the molecule is COCCN[C@H]1CC[C@H](Nc2cc(-c3cc(NCC4(C#N)CC4)ccc3F)c(Cl)cn2)CC1. The first kappa shape index (κ1) is 23.7. The molecule has 1 aromatic heterocycles. The second-order valence-electron chi connectivity index (χ2n) is 9.13. The molecular weight excluding hydrogens is 441 g/mol. The minimum Gasteiger partial charge on any atom is -0.383 e. The van der Waals surface area contributed by atoms with Crippen molar-refractivity contribution >= 4 is 23.1 Å². The summed E-state index contributed by atoms with van der Waals surface area (Å²) in [5.74, 6) is 0.355. The second-order valence-corrected chi connectivity index (χ2v) is 9.54. The van der Waals surface area contributed by atoms with Gasteiger partial charge in [-0.05, 0) is 62.8 Å². The lowest BCUT2D eigenvalue weighted by Crippen LogP contribution is -2.38. The maximum absolute atomic E-state index is 14.8. The largest absolute Gasteiger partial charge is 0.383 e. The van der Waals surface area contributed by atoms with Gasteiger partial charge in [0.05, 0.1) is 23.1 Å². The Hall–Kier alpha value is -2.40. The molecule has 33 heavy (non-hydrogen) atoms. The molecule has 3 N–H and O–H groups in total. The van der Waals surface area contributed by atoms with Crippen molar-refractivity contribution in [3.05, 3.63) is 41.3 Å². The van der Waals surface area contributed by atoms with E-state index in [4.69, 9.17) is 16.3 Å². The number of halogens is 2. The zero-order chi connectivity index (χ0) is 23.3. The highest BCUT2D eigenvalue weighted by Gasteiger charge is 2.42. The van der Waals surface area contributed by atoms with Crippen LogP contribution in [0.25, 0.3) is 11.1 Å². The third-order valence-electron chi connectivity index (χ3n) is 6.65. The molecule has 1 heterocycles. The fourth-order valence-electron chi connectivity index (χ4n) is 4.33. The number of hydrogen-bond acceptors (Lipinski definition) is 6. The lowest BCUT2D eigenvalue weighted by atomic mass is 9.91. The summed E-state index contributed by atoms with van der Waals surface area (Å²) < 4.78 is 19.9. The number of rotatable bonds is 10. The van der Waals surface area contributed by atoms with E-state index in [2.05, 4.69) is 27.0 Å². The van der Waals surface area contributed by atoms with E-state index < -0.39 is 0 Å². The van der Waals surface area contributed by atoms with E-state index in [1.54, 1.807) is 25.4 Å². The molecule has 0 amide bonds. The average Bonchev–Trinajstić information content (AvgIpc) is 3.62. The van der Waals surface area contributed by atoms with E-state index in [1.165, 1.54) is 6.07 Å². The summed E-state index contributed by atoms with van der Waals surface area (Å²) in [7, 11) is 1.71. The van der Waals surface area contributed by atoms with E-state index in [-0.39, 0.29) is 11.2 Å². The van der Waals surface area contributed by atoms with Crippen LogP contribution in [0.4, 0.5) is 15.9 Å². The molecule has 0 bridgehead atoms. The highest BCUT2D eigenvalue weighted by molar-refractivity contribution is 6.33. The summed E-state index contributed by atoms with van der Waals surface area (Å²) in [6.07, 6.45) is 7.65. The van der Waals surface area contributed by atoms with Crippen LogP contribution in [0.2, 0.25) is 5.02 Å². The highest BCUT2D eigenvalue weighted by Crippen LogP contribution is 2.45. The van der Waals surface area contributed by atoms with E-state index >= 15 is 0 Å². The molecule has 2 aliphatic rings. The molecule has 0 aliphatic heterocycles. The van der Waals surface area contributed by atoms with Gasteiger partial charge >= 0.3 is 0 Å². The van der Waals surface area contributed by atoms with E-state index in [9.17, 15) is 9.65 Å². The molecule has 0 atom stereocenters. The number of pyridine rings is 1. The number of anilines is 2. The Labute approximate surface area is 199 Å². The van der Waals surface area contributed by atoms with Crippen molar-refractivity contribution in [2.75, 3.05) is 37.4 Å². The van der Waals surface area contributed by atoms with Crippen LogP contribution in [0, 0.1) is 22.6 Å². The molecule has 2 aliphatic carbocycles. The molecule has 8 heteroatoms. The van der Waals surface area contributed by atoms with Crippen LogP contribution in [-0.2, 0) is 4.74 Å². The van der Waals surface area contributed by atoms with Crippen LogP contribution < -0.4 is 16.0 Å². The molecule has 176 valence electrons. The van der Waals surface area contributed by atoms with Gasteiger partial charge in [-0.15, -0.1) is 0 Å². The molecule has 1 aromatic carbocycles. The molecule has 0 unspecified atom stereocenters. The molecule has 2 saturated carbocycles. The monoisotopic (exact) mass is 471 g/mol. The van der Waals surface area contributed by atoms with Gasteiger partial charge in [0, 0.05) is 55.3 Å². The fraction of sp³-hybridized carbons (Fsp3) is 0.520. The molecule has 4 rings (SSSR count). The number of nitrogens with one attached hydrogen (secondary N) is 3. The standard InChI is InChI=1S/C25H31ClFN5O/c1-33-11-10-29-17-2-4-18(5-3-17)32-24-13-20(22(26)14-30-24)21-12-19(6-7-23(21)27)31-16-25(15-28)8-9-25/h6-7,12-14,17-18,29,31H,2-5,8-11,16H2,1H3,(H,30,32)/t17-,18-. The third-order valence-corrected chi connectivity index (χ3v) is 6.95. The molecule has 0 spiro atoms. The number of benzene rings is 1. The maximum atomic E-state index is 14.8. The minimum absolute atomic E-state index is 0.280. The van der Waals surface area contributed by atoms with Gasteiger partial charge < -0.3 is 20.7 Å². The van der Waals surface area contributed by atoms with Crippen molar-refractivity contribution in [2.24, 2.45) is 5.41 Å². The number of nitrogens with zero attached hydrogens (tertiary/aromatic N) is 2. The Morgan fingerprint density at radius 1 is 1.18 bits per heavy atom. The number of ether oxygens (including phenoxy) is 1.